The number of hydrogen-bond acceptors (Lipinski definition) is 4. The third kappa shape index (κ3) is 4.77. The van der Waals surface area contributed by atoms with Crippen LogP contribution in [0.5, 0.6) is 0 Å². The van der Waals surface area contributed by atoms with Gasteiger partial charge in [-0.15, -0.1) is 0 Å². The average molecular weight is 398 g/mol. The van der Waals surface area contributed by atoms with Crippen molar-refractivity contribution in [2.75, 3.05) is 38.1 Å². The highest BCUT2D eigenvalue weighted by Crippen LogP contribution is 2.34. The van der Waals surface area contributed by atoms with Crippen molar-refractivity contribution in [2.24, 2.45) is 17.8 Å². The number of aromatic nitrogens is 1. The van der Waals surface area contributed by atoms with Gasteiger partial charge >= 0.3 is 0 Å². The molecule has 4 rings (SSSR count). The number of pyridine rings is 1. The monoisotopic (exact) mass is 397 g/mol. The van der Waals surface area contributed by atoms with Crippen LogP contribution < -0.4 is 4.90 Å². The van der Waals surface area contributed by atoms with E-state index in [-0.39, 0.29) is 5.82 Å². The van der Waals surface area contributed by atoms with E-state index in [0.717, 1.165) is 62.9 Å². The lowest BCUT2D eigenvalue weighted by Gasteiger charge is -2.38. The van der Waals surface area contributed by atoms with Crippen molar-refractivity contribution in [1.29, 1.82) is 0 Å². The van der Waals surface area contributed by atoms with Crippen LogP contribution in [0.2, 0.25) is 0 Å². The van der Waals surface area contributed by atoms with Gasteiger partial charge in [-0.25, -0.2) is 4.39 Å². The number of hydrogen-bond donors (Lipinski definition) is 0. The molecule has 2 atom stereocenters. The highest BCUT2D eigenvalue weighted by atomic mass is 19.1. The lowest BCUT2D eigenvalue weighted by atomic mass is 9.83. The van der Waals surface area contributed by atoms with Crippen molar-refractivity contribution in [2.45, 2.75) is 39.0 Å². The summed E-state index contributed by atoms with van der Waals surface area (Å²) in [5, 5.41) is 0.859. The third-order valence-corrected chi connectivity index (χ3v) is 6.66. The van der Waals surface area contributed by atoms with Crippen molar-refractivity contribution < 1.29 is 9.18 Å². The van der Waals surface area contributed by atoms with Crippen LogP contribution >= 0.6 is 0 Å². The Bertz CT molecular complexity index is 862. The zero-order chi connectivity index (χ0) is 20.4. The number of rotatable bonds is 5. The SMILES string of the molecule is C[C@H]1C[C@@H](CC(=O)CC2CCN(C)CC2)CN(c2ccc(F)c3ncccc23)C1. The molecule has 3 heterocycles. The molecule has 2 aromatic rings. The number of likely N-dealkylation sites (tertiary alicyclic amines) is 1. The Labute approximate surface area is 173 Å². The summed E-state index contributed by atoms with van der Waals surface area (Å²) in [6, 6.07) is 7.19. The van der Waals surface area contributed by atoms with Gasteiger partial charge in [0.25, 0.3) is 0 Å². The maximum Gasteiger partial charge on any atom is 0.149 e. The highest BCUT2D eigenvalue weighted by molar-refractivity contribution is 5.92. The maximum absolute atomic E-state index is 14.2. The molecule has 2 aliphatic heterocycles. The van der Waals surface area contributed by atoms with Gasteiger partial charge in [0.05, 0.1) is 0 Å². The fourth-order valence-electron chi connectivity index (χ4n) is 5.22. The van der Waals surface area contributed by atoms with Gasteiger partial charge in [-0.1, -0.05) is 6.92 Å². The molecular weight excluding hydrogens is 365 g/mol. The van der Waals surface area contributed by atoms with Crippen molar-refractivity contribution in [3.63, 3.8) is 0 Å². The molecule has 29 heavy (non-hydrogen) atoms. The second-order valence-electron chi connectivity index (χ2n) is 9.27. The van der Waals surface area contributed by atoms with Crippen molar-refractivity contribution in [3.05, 3.63) is 36.3 Å². The molecule has 156 valence electrons. The summed E-state index contributed by atoms with van der Waals surface area (Å²) in [4.78, 5) is 21.7. The molecule has 1 aromatic heterocycles. The average Bonchev–Trinajstić information content (AvgIpc) is 2.70. The van der Waals surface area contributed by atoms with Gasteiger partial charge in [0.2, 0.25) is 0 Å². The second-order valence-corrected chi connectivity index (χ2v) is 9.27. The van der Waals surface area contributed by atoms with Crippen LogP contribution in [0.25, 0.3) is 10.9 Å². The van der Waals surface area contributed by atoms with E-state index in [4.69, 9.17) is 0 Å². The fraction of sp³-hybridized carbons (Fsp3) is 0.583. The fourth-order valence-corrected chi connectivity index (χ4v) is 5.22. The first-order valence-electron chi connectivity index (χ1n) is 11.0. The number of carbonyl (C=O) groups is 1. The van der Waals surface area contributed by atoms with E-state index in [1.807, 2.05) is 18.2 Å². The quantitative estimate of drug-likeness (QED) is 0.743. The lowest BCUT2D eigenvalue weighted by Crippen LogP contribution is -2.40. The molecule has 5 heteroatoms. The number of anilines is 1. The van der Waals surface area contributed by atoms with Crippen LogP contribution in [0.3, 0.4) is 0 Å². The number of nitrogens with zero attached hydrogens (tertiary/aromatic N) is 3. The predicted octanol–water partition coefficient (Wildman–Crippen LogP) is 4.53. The van der Waals surface area contributed by atoms with E-state index in [9.17, 15) is 9.18 Å². The number of benzene rings is 1. The van der Waals surface area contributed by atoms with Gasteiger partial charge in [0.15, 0.2) is 0 Å². The zero-order valence-electron chi connectivity index (χ0n) is 17.6. The highest BCUT2D eigenvalue weighted by Gasteiger charge is 2.29. The molecule has 2 aliphatic rings. The third-order valence-electron chi connectivity index (χ3n) is 6.66. The topological polar surface area (TPSA) is 36.4 Å². The Morgan fingerprint density at radius 3 is 2.69 bits per heavy atom. The van der Waals surface area contributed by atoms with Crippen LogP contribution in [0.4, 0.5) is 10.1 Å². The molecule has 2 fully saturated rings. The summed E-state index contributed by atoms with van der Waals surface area (Å²) in [5.74, 6) is 1.59. The van der Waals surface area contributed by atoms with E-state index < -0.39 is 0 Å². The maximum atomic E-state index is 14.2. The number of piperidine rings is 2. The molecule has 2 saturated heterocycles. The van der Waals surface area contributed by atoms with Crippen molar-refractivity contribution in [1.82, 2.24) is 9.88 Å². The van der Waals surface area contributed by atoms with Gasteiger partial charge in [0.1, 0.15) is 17.1 Å². The second kappa shape index (κ2) is 8.78. The summed E-state index contributed by atoms with van der Waals surface area (Å²) < 4.78 is 14.2. The van der Waals surface area contributed by atoms with Crippen molar-refractivity contribution in [3.8, 4) is 0 Å². The first-order valence-corrected chi connectivity index (χ1v) is 11.0. The first kappa shape index (κ1) is 20.3. The Kier molecular flexibility index (Phi) is 6.14. The van der Waals surface area contributed by atoms with Gasteiger partial charge in [-0.2, -0.15) is 0 Å². The molecular formula is C24H32FN3O. The Balaban J connectivity index is 1.43. The minimum atomic E-state index is -0.278. The Morgan fingerprint density at radius 2 is 1.90 bits per heavy atom. The van der Waals surface area contributed by atoms with Crippen LogP contribution in [-0.2, 0) is 4.79 Å². The first-order chi connectivity index (χ1) is 14.0. The van der Waals surface area contributed by atoms with E-state index in [0.29, 0.717) is 35.5 Å². The minimum Gasteiger partial charge on any atom is -0.370 e. The summed E-state index contributed by atoms with van der Waals surface area (Å²) in [6.45, 7) is 6.27. The number of fused-ring (bicyclic) bond motifs is 1. The molecule has 0 aliphatic carbocycles. The summed E-state index contributed by atoms with van der Waals surface area (Å²) in [5.41, 5.74) is 1.46. The van der Waals surface area contributed by atoms with E-state index >= 15 is 0 Å². The van der Waals surface area contributed by atoms with Gasteiger partial charge in [0, 0.05) is 43.2 Å². The molecule has 1 aromatic carbocycles. The van der Waals surface area contributed by atoms with Crippen LogP contribution in [0.1, 0.15) is 39.0 Å². The standard InChI is InChI=1S/C24H32FN3O/c1-17-12-19(14-20(29)13-18-7-10-27(2)11-8-18)16-28(15-17)23-6-5-22(25)24-21(23)4-3-9-26-24/h3-6,9,17-19H,7-8,10-16H2,1-2H3/t17-,19-/m0/s1. The molecule has 0 saturated carbocycles. The van der Waals surface area contributed by atoms with Crippen LogP contribution in [0.15, 0.2) is 30.5 Å². The number of halogens is 1. The Morgan fingerprint density at radius 1 is 1.14 bits per heavy atom. The van der Waals surface area contributed by atoms with Crippen molar-refractivity contribution >= 4 is 22.4 Å². The van der Waals surface area contributed by atoms with Gasteiger partial charge in [-0.05, 0) is 81.4 Å². The van der Waals surface area contributed by atoms with Gasteiger partial charge in [-0.3, -0.25) is 9.78 Å². The lowest BCUT2D eigenvalue weighted by molar-refractivity contribution is -0.121. The predicted molar refractivity (Wildman–Crippen MR) is 116 cm³/mol. The van der Waals surface area contributed by atoms with Crippen LogP contribution in [0, 0.1) is 23.6 Å². The summed E-state index contributed by atoms with van der Waals surface area (Å²) >= 11 is 0. The largest absolute Gasteiger partial charge is 0.370 e. The smallest absolute Gasteiger partial charge is 0.149 e. The van der Waals surface area contributed by atoms with E-state index in [1.165, 1.54) is 6.07 Å². The molecule has 0 radical (unpaired) electrons. The van der Waals surface area contributed by atoms with Gasteiger partial charge < -0.3 is 9.80 Å². The molecule has 0 N–H and O–H groups in total. The number of Topliss-reactive ketones (excluding diaryl/α,β-unsaturated/α-hetero) is 1. The summed E-state index contributed by atoms with van der Waals surface area (Å²) in [7, 11) is 2.16. The van der Waals surface area contributed by atoms with E-state index in [1.54, 1.807) is 6.20 Å². The molecule has 4 nitrogen and oxygen atoms in total. The van der Waals surface area contributed by atoms with E-state index in [2.05, 4.69) is 28.8 Å². The molecule has 0 spiro atoms. The normalized spacial score (nSPS) is 24.2. The Hall–Kier alpha value is -2.01. The molecule has 0 bridgehead atoms. The zero-order valence-corrected chi connectivity index (χ0v) is 17.6. The number of carbonyl (C=O) groups excluding carboxylic acids is 1. The van der Waals surface area contributed by atoms with Crippen LogP contribution in [-0.4, -0.2) is 48.9 Å². The molecule has 0 amide bonds. The minimum absolute atomic E-state index is 0.278. The molecule has 0 unspecified atom stereocenters. The summed E-state index contributed by atoms with van der Waals surface area (Å²) in [6.07, 6.45) is 6.42. The number of ketones is 1.